The standard InChI is InChI=1S/C26H25N3O4S/c1-19(20-13-15-27-16-14-20)28-26(30)18-33-24-10-8-23(9-11-24)29(2)34(31,32)25-12-7-21-5-3-4-6-22(21)17-25/h3-17,19H,18H2,1-2H3,(H,28,30). The van der Waals surface area contributed by atoms with Crippen molar-refractivity contribution < 1.29 is 17.9 Å². The molecule has 1 atom stereocenters. The average Bonchev–Trinajstić information content (AvgIpc) is 2.87. The summed E-state index contributed by atoms with van der Waals surface area (Å²) in [6.45, 7) is 1.73. The summed E-state index contributed by atoms with van der Waals surface area (Å²) in [6, 6.07) is 22.8. The fourth-order valence-corrected chi connectivity index (χ4v) is 4.78. The number of carbonyl (C=O) groups is 1. The predicted molar refractivity (Wildman–Crippen MR) is 132 cm³/mol. The second-order valence-electron chi connectivity index (χ2n) is 7.83. The van der Waals surface area contributed by atoms with Gasteiger partial charge in [0.05, 0.1) is 16.6 Å². The molecule has 0 aliphatic rings. The number of carbonyl (C=O) groups excluding carboxylic acids is 1. The summed E-state index contributed by atoms with van der Waals surface area (Å²) in [6.07, 6.45) is 3.35. The minimum atomic E-state index is -3.74. The molecule has 1 amide bonds. The van der Waals surface area contributed by atoms with Gasteiger partial charge in [0.1, 0.15) is 5.75 Å². The van der Waals surface area contributed by atoms with Crippen LogP contribution in [0, 0.1) is 0 Å². The number of hydrogen-bond acceptors (Lipinski definition) is 5. The van der Waals surface area contributed by atoms with Crippen molar-refractivity contribution in [2.24, 2.45) is 0 Å². The number of hydrogen-bond donors (Lipinski definition) is 1. The molecular weight excluding hydrogens is 450 g/mol. The van der Waals surface area contributed by atoms with E-state index in [4.69, 9.17) is 4.74 Å². The number of rotatable bonds is 8. The lowest BCUT2D eigenvalue weighted by Gasteiger charge is -2.20. The summed E-state index contributed by atoms with van der Waals surface area (Å²) < 4.78 is 33.1. The number of fused-ring (bicyclic) bond motifs is 1. The molecule has 1 heterocycles. The second kappa shape index (κ2) is 9.93. The lowest BCUT2D eigenvalue weighted by molar-refractivity contribution is -0.123. The van der Waals surface area contributed by atoms with Crippen molar-refractivity contribution in [3.05, 3.63) is 96.8 Å². The van der Waals surface area contributed by atoms with Crippen molar-refractivity contribution in [1.82, 2.24) is 10.3 Å². The maximum Gasteiger partial charge on any atom is 0.264 e. The molecule has 0 bridgehead atoms. The zero-order valence-corrected chi connectivity index (χ0v) is 19.7. The van der Waals surface area contributed by atoms with Gasteiger partial charge in [0.25, 0.3) is 15.9 Å². The van der Waals surface area contributed by atoms with Gasteiger partial charge < -0.3 is 10.1 Å². The first-order valence-electron chi connectivity index (χ1n) is 10.7. The Morgan fingerprint density at radius 2 is 1.65 bits per heavy atom. The molecule has 3 aromatic carbocycles. The van der Waals surface area contributed by atoms with Crippen molar-refractivity contribution in [3.8, 4) is 5.75 Å². The molecule has 0 radical (unpaired) electrons. The second-order valence-corrected chi connectivity index (χ2v) is 9.80. The van der Waals surface area contributed by atoms with Crippen LogP contribution in [0.2, 0.25) is 0 Å². The van der Waals surface area contributed by atoms with E-state index in [1.807, 2.05) is 43.3 Å². The third kappa shape index (κ3) is 5.18. The van der Waals surface area contributed by atoms with Crippen LogP contribution in [0.3, 0.4) is 0 Å². The smallest absolute Gasteiger partial charge is 0.264 e. The van der Waals surface area contributed by atoms with Gasteiger partial charge in [-0.25, -0.2) is 8.42 Å². The van der Waals surface area contributed by atoms with Crippen LogP contribution in [0.1, 0.15) is 18.5 Å². The van der Waals surface area contributed by atoms with Gasteiger partial charge >= 0.3 is 0 Å². The normalized spacial score (nSPS) is 12.2. The Bertz CT molecular complexity index is 1390. The minimum Gasteiger partial charge on any atom is -0.484 e. The van der Waals surface area contributed by atoms with Crippen LogP contribution < -0.4 is 14.4 Å². The first-order chi connectivity index (χ1) is 16.3. The molecule has 4 aromatic rings. The minimum absolute atomic E-state index is 0.153. The Kier molecular flexibility index (Phi) is 6.79. The maximum atomic E-state index is 13.1. The summed E-state index contributed by atoms with van der Waals surface area (Å²) in [5.41, 5.74) is 1.43. The lowest BCUT2D eigenvalue weighted by Crippen LogP contribution is -2.31. The zero-order chi connectivity index (χ0) is 24.1. The van der Waals surface area contributed by atoms with Crippen LogP contribution in [-0.2, 0) is 14.8 Å². The molecule has 0 spiro atoms. The van der Waals surface area contributed by atoms with Gasteiger partial charge in [0.15, 0.2) is 6.61 Å². The Labute approximate surface area is 199 Å². The van der Waals surface area contributed by atoms with Gasteiger partial charge in [-0.05, 0) is 71.8 Å². The average molecular weight is 476 g/mol. The Hall–Kier alpha value is -3.91. The highest BCUT2D eigenvalue weighted by atomic mass is 32.2. The summed E-state index contributed by atoms with van der Waals surface area (Å²) in [7, 11) is -2.23. The topological polar surface area (TPSA) is 88.6 Å². The molecule has 0 aliphatic carbocycles. The predicted octanol–water partition coefficient (Wildman–Crippen LogP) is 4.32. The van der Waals surface area contributed by atoms with Crippen LogP contribution >= 0.6 is 0 Å². The van der Waals surface area contributed by atoms with E-state index in [1.54, 1.807) is 54.9 Å². The number of sulfonamides is 1. The van der Waals surface area contributed by atoms with Crippen molar-refractivity contribution >= 4 is 32.4 Å². The maximum absolute atomic E-state index is 13.1. The van der Waals surface area contributed by atoms with E-state index in [1.165, 1.54) is 11.4 Å². The highest BCUT2D eigenvalue weighted by Crippen LogP contribution is 2.26. The molecule has 1 unspecified atom stereocenters. The van der Waals surface area contributed by atoms with Gasteiger partial charge in [0.2, 0.25) is 0 Å². The molecule has 0 fully saturated rings. The first-order valence-corrected chi connectivity index (χ1v) is 12.2. The van der Waals surface area contributed by atoms with Gasteiger partial charge in [-0.2, -0.15) is 0 Å². The molecule has 1 aromatic heterocycles. The van der Waals surface area contributed by atoms with E-state index in [0.717, 1.165) is 16.3 Å². The number of nitrogens with zero attached hydrogens (tertiary/aromatic N) is 2. The number of benzene rings is 3. The Morgan fingerprint density at radius 3 is 2.35 bits per heavy atom. The quantitative estimate of drug-likeness (QED) is 0.410. The highest BCUT2D eigenvalue weighted by molar-refractivity contribution is 7.92. The molecule has 0 saturated heterocycles. The molecule has 7 nitrogen and oxygen atoms in total. The summed E-state index contributed by atoms with van der Waals surface area (Å²) >= 11 is 0. The number of ether oxygens (including phenoxy) is 1. The van der Waals surface area contributed by atoms with E-state index in [0.29, 0.717) is 11.4 Å². The summed E-state index contributed by atoms with van der Waals surface area (Å²) in [4.78, 5) is 16.4. The Morgan fingerprint density at radius 1 is 0.971 bits per heavy atom. The monoisotopic (exact) mass is 475 g/mol. The summed E-state index contributed by atoms with van der Waals surface area (Å²) in [5.74, 6) is 0.205. The zero-order valence-electron chi connectivity index (χ0n) is 18.9. The van der Waals surface area contributed by atoms with Gasteiger partial charge in [-0.1, -0.05) is 30.3 Å². The third-order valence-electron chi connectivity index (χ3n) is 5.53. The number of pyridine rings is 1. The molecule has 174 valence electrons. The molecule has 34 heavy (non-hydrogen) atoms. The fourth-order valence-electron chi connectivity index (χ4n) is 3.54. The highest BCUT2D eigenvalue weighted by Gasteiger charge is 2.21. The van der Waals surface area contributed by atoms with Crippen molar-refractivity contribution in [2.75, 3.05) is 18.0 Å². The summed E-state index contributed by atoms with van der Waals surface area (Å²) in [5, 5.41) is 4.70. The molecule has 0 saturated carbocycles. The molecule has 4 rings (SSSR count). The molecule has 8 heteroatoms. The van der Waals surface area contributed by atoms with Crippen LogP contribution in [0.5, 0.6) is 5.75 Å². The van der Waals surface area contributed by atoms with E-state index in [-0.39, 0.29) is 23.5 Å². The molecule has 0 aliphatic heterocycles. The van der Waals surface area contributed by atoms with E-state index >= 15 is 0 Å². The largest absolute Gasteiger partial charge is 0.484 e. The van der Waals surface area contributed by atoms with Crippen LogP contribution in [0.15, 0.2) is 96.2 Å². The fraction of sp³-hybridized carbons (Fsp3) is 0.154. The van der Waals surface area contributed by atoms with Crippen molar-refractivity contribution in [2.45, 2.75) is 17.9 Å². The van der Waals surface area contributed by atoms with Gasteiger partial charge in [-0.15, -0.1) is 0 Å². The number of aromatic nitrogens is 1. The Balaban J connectivity index is 1.38. The van der Waals surface area contributed by atoms with Crippen molar-refractivity contribution in [1.29, 1.82) is 0 Å². The van der Waals surface area contributed by atoms with Crippen LogP contribution in [-0.4, -0.2) is 33.0 Å². The van der Waals surface area contributed by atoms with Gasteiger partial charge in [-0.3, -0.25) is 14.1 Å². The van der Waals surface area contributed by atoms with Crippen LogP contribution in [0.25, 0.3) is 10.8 Å². The number of anilines is 1. The molecule has 1 N–H and O–H groups in total. The lowest BCUT2D eigenvalue weighted by atomic mass is 10.1. The van der Waals surface area contributed by atoms with Crippen molar-refractivity contribution in [3.63, 3.8) is 0 Å². The molecular formula is C26H25N3O4S. The van der Waals surface area contributed by atoms with Crippen LogP contribution in [0.4, 0.5) is 5.69 Å². The van der Waals surface area contributed by atoms with E-state index < -0.39 is 10.0 Å². The van der Waals surface area contributed by atoms with Gasteiger partial charge in [0, 0.05) is 19.4 Å². The number of amides is 1. The van der Waals surface area contributed by atoms with E-state index in [2.05, 4.69) is 10.3 Å². The SMILES string of the molecule is CC(NC(=O)COc1ccc(N(C)S(=O)(=O)c2ccc3ccccc3c2)cc1)c1ccncc1. The van der Waals surface area contributed by atoms with E-state index in [9.17, 15) is 13.2 Å². The first kappa shape index (κ1) is 23.3. The number of nitrogens with one attached hydrogen (secondary N) is 1. The third-order valence-corrected chi connectivity index (χ3v) is 7.31.